The highest BCUT2D eigenvalue weighted by atomic mass is 16.5. The Balaban J connectivity index is 2.71. The van der Waals surface area contributed by atoms with Gasteiger partial charge in [0.15, 0.2) is 0 Å². The average Bonchev–Trinajstić information content (AvgIpc) is 2.38. The Morgan fingerprint density at radius 2 is 1.95 bits per heavy atom. The van der Waals surface area contributed by atoms with Crippen molar-refractivity contribution >= 4 is 11.8 Å². The van der Waals surface area contributed by atoms with Crippen molar-refractivity contribution in [3.05, 3.63) is 23.4 Å². The highest BCUT2D eigenvalue weighted by molar-refractivity contribution is 5.99. The topological polar surface area (TPSA) is 138 Å². The summed E-state index contributed by atoms with van der Waals surface area (Å²) in [4.78, 5) is 26.0. The van der Waals surface area contributed by atoms with Gasteiger partial charge in [-0.15, -0.1) is 0 Å². The summed E-state index contributed by atoms with van der Waals surface area (Å²) in [5, 5.41) is 8.50. The molecule has 1 aromatic rings. The normalized spacial score (nSPS) is 10.2. The first-order valence-electron chi connectivity index (χ1n) is 5.47. The van der Waals surface area contributed by atoms with Gasteiger partial charge in [0.25, 0.3) is 5.91 Å². The molecule has 0 aliphatic carbocycles. The van der Waals surface area contributed by atoms with Crippen LogP contribution in [0.5, 0.6) is 5.88 Å². The number of aliphatic hydroxyl groups is 1. The largest absolute Gasteiger partial charge is 0.475 e. The zero-order valence-corrected chi connectivity index (χ0v) is 10.2. The standard InChI is InChI=1S/C11H15N3O5/c12-9(16)7-5-8(10(13)17)11(14-6-7)19-4-3-18-2-1-15/h5-6,15H,1-4H2,(H2,12,16)(H2,13,17). The van der Waals surface area contributed by atoms with Crippen LogP contribution in [0.15, 0.2) is 12.3 Å². The van der Waals surface area contributed by atoms with Crippen LogP contribution in [0.3, 0.4) is 0 Å². The van der Waals surface area contributed by atoms with Crippen molar-refractivity contribution in [2.75, 3.05) is 26.4 Å². The molecule has 0 saturated carbocycles. The molecule has 0 bridgehead atoms. The Morgan fingerprint density at radius 3 is 2.53 bits per heavy atom. The number of carbonyl (C=O) groups is 2. The number of amides is 2. The zero-order chi connectivity index (χ0) is 14.3. The second-order valence-electron chi connectivity index (χ2n) is 3.49. The number of aromatic nitrogens is 1. The molecule has 0 spiro atoms. The maximum Gasteiger partial charge on any atom is 0.254 e. The zero-order valence-electron chi connectivity index (χ0n) is 10.2. The minimum absolute atomic E-state index is 0.00472. The number of hydrogen-bond donors (Lipinski definition) is 3. The molecule has 1 aromatic heterocycles. The summed E-state index contributed by atoms with van der Waals surface area (Å²) < 4.78 is 10.2. The molecule has 0 aliphatic heterocycles. The van der Waals surface area contributed by atoms with Gasteiger partial charge in [-0.05, 0) is 6.07 Å². The summed E-state index contributed by atoms with van der Waals surface area (Å²) in [6.45, 7) is 0.458. The first-order chi connectivity index (χ1) is 9.06. The van der Waals surface area contributed by atoms with Gasteiger partial charge in [-0.3, -0.25) is 9.59 Å². The third kappa shape index (κ3) is 4.53. The van der Waals surface area contributed by atoms with Gasteiger partial charge in [-0.1, -0.05) is 0 Å². The lowest BCUT2D eigenvalue weighted by Crippen LogP contribution is -2.19. The van der Waals surface area contributed by atoms with Crippen molar-refractivity contribution < 1.29 is 24.2 Å². The number of aliphatic hydroxyl groups excluding tert-OH is 1. The maximum atomic E-state index is 11.2. The second kappa shape index (κ2) is 7.29. The fourth-order valence-electron chi connectivity index (χ4n) is 1.24. The van der Waals surface area contributed by atoms with Crippen molar-refractivity contribution in [1.82, 2.24) is 4.98 Å². The van der Waals surface area contributed by atoms with E-state index in [2.05, 4.69) is 4.98 Å². The number of pyridine rings is 1. The lowest BCUT2D eigenvalue weighted by molar-refractivity contribution is 0.0690. The van der Waals surface area contributed by atoms with E-state index in [0.29, 0.717) is 0 Å². The van der Waals surface area contributed by atoms with Crippen LogP contribution in [0.4, 0.5) is 0 Å². The Bertz CT molecular complexity index is 464. The van der Waals surface area contributed by atoms with E-state index >= 15 is 0 Å². The summed E-state index contributed by atoms with van der Waals surface area (Å²) >= 11 is 0. The lowest BCUT2D eigenvalue weighted by atomic mass is 10.2. The monoisotopic (exact) mass is 269 g/mol. The van der Waals surface area contributed by atoms with E-state index in [1.807, 2.05) is 0 Å². The molecule has 0 unspecified atom stereocenters. The van der Waals surface area contributed by atoms with Crippen LogP contribution in [0.2, 0.25) is 0 Å². The van der Waals surface area contributed by atoms with Crippen molar-refractivity contribution in [3.8, 4) is 5.88 Å². The summed E-state index contributed by atoms with van der Waals surface area (Å²) in [5.41, 5.74) is 10.3. The first kappa shape index (κ1) is 14.9. The number of rotatable bonds is 8. The molecule has 2 amide bonds. The third-order valence-corrected chi connectivity index (χ3v) is 2.10. The van der Waals surface area contributed by atoms with E-state index in [9.17, 15) is 9.59 Å². The minimum atomic E-state index is -0.776. The molecular formula is C11H15N3O5. The highest BCUT2D eigenvalue weighted by Gasteiger charge is 2.14. The van der Waals surface area contributed by atoms with Gasteiger partial charge in [0.1, 0.15) is 12.2 Å². The van der Waals surface area contributed by atoms with E-state index in [4.69, 9.17) is 26.0 Å². The molecule has 0 atom stereocenters. The maximum absolute atomic E-state index is 11.2. The predicted molar refractivity (Wildman–Crippen MR) is 64.7 cm³/mol. The second-order valence-corrected chi connectivity index (χ2v) is 3.49. The lowest BCUT2D eigenvalue weighted by Gasteiger charge is -2.09. The van der Waals surface area contributed by atoms with Gasteiger partial charge in [0.05, 0.1) is 25.4 Å². The van der Waals surface area contributed by atoms with Crippen LogP contribution in [0.25, 0.3) is 0 Å². The molecule has 0 aliphatic rings. The van der Waals surface area contributed by atoms with Gasteiger partial charge in [0, 0.05) is 6.20 Å². The van der Waals surface area contributed by atoms with Crippen molar-refractivity contribution in [3.63, 3.8) is 0 Å². The van der Waals surface area contributed by atoms with Crippen LogP contribution in [0.1, 0.15) is 20.7 Å². The first-order valence-corrected chi connectivity index (χ1v) is 5.47. The molecule has 1 rings (SSSR count). The smallest absolute Gasteiger partial charge is 0.254 e. The summed E-state index contributed by atoms with van der Waals surface area (Å²) in [5.74, 6) is -1.49. The van der Waals surface area contributed by atoms with Crippen molar-refractivity contribution in [2.24, 2.45) is 11.5 Å². The molecule has 19 heavy (non-hydrogen) atoms. The fourth-order valence-corrected chi connectivity index (χ4v) is 1.24. The number of carbonyl (C=O) groups excluding carboxylic acids is 2. The summed E-state index contributed by atoms with van der Waals surface area (Å²) in [7, 11) is 0. The predicted octanol–water partition coefficient (Wildman–Crippen LogP) is -1.33. The highest BCUT2D eigenvalue weighted by Crippen LogP contribution is 2.16. The summed E-state index contributed by atoms with van der Waals surface area (Å²) in [6.07, 6.45) is 1.19. The molecule has 104 valence electrons. The molecule has 0 saturated heterocycles. The van der Waals surface area contributed by atoms with E-state index in [1.54, 1.807) is 0 Å². The fraction of sp³-hybridized carbons (Fsp3) is 0.364. The van der Waals surface area contributed by atoms with Gasteiger partial charge in [-0.25, -0.2) is 4.98 Å². The number of ether oxygens (including phenoxy) is 2. The molecule has 8 nitrogen and oxygen atoms in total. The molecule has 0 aromatic carbocycles. The molecule has 1 heterocycles. The van der Waals surface area contributed by atoms with E-state index in [0.717, 1.165) is 0 Å². The van der Waals surface area contributed by atoms with Crippen LogP contribution in [-0.2, 0) is 4.74 Å². The molecule has 5 N–H and O–H groups in total. The number of nitrogens with two attached hydrogens (primary N) is 2. The van der Waals surface area contributed by atoms with Crippen LogP contribution >= 0.6 is 0 Å². The van der Waals surface area contributed by atoms with Gasteiger partial charge >= 0.3 is 0 Å². The van der Waals surface area contributed by atoms with E-state index in [1.165, 1.54) is 12.3 Å². The molecule has 0 fully saturated rings. The van der Waals surface area contributed by atoms with Crippen molar-refractivity contribution in [2.45, 2.75) is 0 Å². The van der Waals surface area contributed by atoms with Crippen LogP contribution in [-0.4, -0.2) is 48.3 Å². The van der Waals surface area contributed by atoms with Crippen LogP contribution in [0, 0.1) is 0 Å². The van der Waals surface area contributed by atoms with E-state index < -0.39 is 11.8 Å². The number of nitrogens with zero attached hydrogens (tertiary/aromatic N) is 1. The van der Waals surface area contributed by atoms with Gasteiger partial charge < -0.3 is 26.0 Å². The Morgan fingerprint density at radius 1 is 1.21 bits per heavy atom. The average molecular weight is 269 g/mol. The summed E-state index contributed by atoms with van der Waals surface area (Å²) in [6, 6.07) is 1.22. The number of primary amides is 2. The third-order valence-electron chi connectivity index (χ3n) is 2.10. The Hall–Kier alpha value is -2.19. The number of hydrogen-bond acceptors (Lipinski definition) is 6. The van der Waals surface area contributed by atoms with E-state index in [-0.39, 0.29) is 43.4 Å². The van der Waals surface area contributed by atoms with Crippen LogP contribution < -0.4 is 16.2 Å². The van der Waals surface area contributed by atoms with Gasteiger partial charge in [-0.2, -0.15) is 0 Å². The molecular weight excluding hydrogens is 254 g/mol. The molecule has 0 radical (unpaired) electrons. The Labute approximate surface area is 109 Å². The SMILES string of the molecule is NC(=O)c1cnc(OCCOCCO)c(C(N)=O)c1. The molecule has 8 heteroatoms. The Kier molecular flexibility index (Phi) is 5.71. The minimum Gasteiger partial charge on any atom is -0.475 e. The quantitative estimate of drug-likeness (QED) is 0.500. The van der Waals surface area contributed by atoms with Gasteiger partial charge in [0.2, 0.25) is 11.8 Å². The van der Waals surface area contributed by atoms with Crippen molar-refractivity contribution in [1.29, 1.82) is 0 Å².